The fraction of sp³-hybridized carbons (Fsp3) is 0.909. The average Bonchev–Trinajstić information content (AvgIpc) is 2.17. The minimum atomic E-state index is -3.88. The first-order valence-corrected chi connectivity index (χ1v) is 7.64. The van der Waals surface area contributed by atoms with Gasteiger partial charge in [-0.05, 0) is 0 Å². The van der Waals surface area contributed by atoms with Crippen molar-refractivity contribution >= 4 is 16.1 Å². The Bertz CT molecular complexity index is 324. The molecule has 0 rings (SSSR count). The summed E-state index contributed by atoms with van der Waals surface area (Å²) in [7, 11) is -0.0554. The Labute approximate surface area is 110 Å². The van der Waals surface area contributed by atoms with Gasteiger partial charge in [0.1, 0.15) is 13.2 Å². The Morgan fingerprint density at radius 1 is 1.22 bits per heavy atom. The lowest BCUT2D eigenvalue weighted by Crippen LogP contribution is -2.43. The first kappa shape index (κ1) is 19.7. The zero-order chi connectivity index (χ0) is 14.8. The number of rotatable bonds is 7. The molecule has 0 fully saturated rings. The quantitative estimate of drug-likeness (QED) is 0.427. The third-order valence-electron chi connectivity index (χ3n) is 2.17. The van der Waals surface area contributed by atoms with Crippen LogP contribution in [0.3, 0.4) is 0 Å². The molecule has 18 heavy (non-hydrogen) atoms. The lowest BCUT2D eigenvalue weighted by Gasteiger charge is -2.29. The van der Waals surface area contributed by atoms with Gasteiger partial charge in [-0.25, -0.2) is 0 Å². The molecule has 0 aromatic carbocycles. The molecule has 0 atom stereocenters. The van der Waals surface area contributed by atoms with E-state index in [9.17, 15) is 13.2 Å². The molecule has 0 bridgehead atoms. The second kappa shape index (κ2) is 9.29. The third-order valence-corrected chi connectivity index (χ3v) is 2.97. The zero-order valence-corrected chi connectivity index (χ0v) is 12.8. The molecule has 0 aliphatic carbocycles. The third kappa shape index (κ3) is 15.3. The van der Waals surface area contributed by atoms with Crippen LogP contribution in [0.4, 0.5) is 0 Å². The number of carbonyl (C=O) groups excluding carboxylic acids is 1. The lowest BCUT2D eigenvalue weighted by atomic mass is 10.4. The van der Waals surface area contributed by atoms with Crippen molar-refractivity contribution in [2.75, 3.05) is 39.5 Å². The Morgan fingerprint density at radius 2 is 1.72 bits per heavy atom. The largest absolute Gasteiger partial charge is 0.460 e. The predicted molar refractivity (Wildman–Crippen MR) is 70.9 cm³/mol. The van der Waals surface area contributed by atoms with E-state index in [1.165, 1.54) is 6.92 Å². The topological polar surface area (TPSA) is 80.7 Å². The standard InChI is InChI=1S/C9H19NO5S.C2H6/c1-9(11)15-7-6-10(2,3)5-4-8-16(12,13)14;1-2/h4-8H2,1-3H3;1-2H3/p+1. The van der Waals surface area contributed by atoms with Gasteiger partial charge in [0.25, 0.3) is 10.1 Å². The number of hydrogen-bond acceptors (Lipinski definition) is 4. The zero-order valence-electron chi connectivity index (χ0n) is 12.0. The van der Waals surface area contributed by atoms with Crippen LogP contribution in [-0.4, -0.2) is 63.0 Å². The van der Waals surface area contributed by atoms with Gasteiger partial charge in [0.2, 0.25) is 0 Å². The SMILES string of the molecule is CC.CC(=O)OCC[N+](C)(C)CCCS(=O)(=O)O. The number of hydrogen-bond donors (Lipinski definition) is 1. The van der Waals surface area contributed by atoms with Crippen LogP contribution in [0.5, 0.6) is 0 Å². The summed E-state index contributed by atoms with van der Waals surface area (Å²) in [6.45, 7) is 6.87. The molecule has 0 aromatic rings. The van der Waals surface area contributed by atoms with Gasteiger partial charge in [0, 0.05) is 13.3 Å². The highest BCUT2D eigenvalue weighted by molar-refractivity contribution is 7.85. The van der Waals surface area contributed by atoms with Crippen molar-refractivity contribution in [1.82, 2.24) is 0 Å². The Balaban J connectivity index is 0. The fourth-order valence-corrected chi connectivity index (χ4v) is 1.72. The van der Waals surface area contributed by atoms with Crippen LogP contribution >= 0.6 is 0 Å². The number of quaternary nitrogens is 1. The minimum absolute atomic E-state index is 0.234. The summed E-state index contributed by atoms with van der Waals surface area (Å²) in [5, 5.41) is 0. The molecule has 0 amide bonds. The van der Waals surface area contributed by atoms with E-state index in [0.717, 1.165) is 0 Å². The van der Waals surface area contributed by atoms with Crippen molar-refractivity contribution in [1.29, 1.82) is 0 Å². The van der Waals surface area contributed by atoms with E-state index in [1.54, 1.807) is 0 Å². The summed E-state index contributed by atoms with van der Waals surface area (Å²) in [4.78, 5) is 10.5. The molecule has 110 valence electrons. The highest BCUT2D eigenvalue weighted by Crippen LogP contribution is 2.01. The van der Waals surface area contributed by atoms with E-state index >= 15 is 0 Å². The number of ether oxygens (including phenoxy) is 1. The lowest BCUT2D eigenvalue weighted by molar-refractivity contribution is -0.890. The van der Waals surface area contributed by atoms with Crippen molar-refractivity contribution in [3.8, 4) is 0 Å². The minimum Gasteiger partial charge on any atom is -0.460 e. The van der Waals surface area contributed by atoms with Gasteiger partial charge in [-0.15, -0.1) is 0 Å². The number of esters is 1. The molecule has 0 spiro atoms. The van der Waals surface area contributed by atoms with Crippen LogP contribution in [-0.2, 0) is 19.6 Å². The molecule has 0 heterocycles. The predicted octanol–water partition coefficient (Wildman–Crippen LogP) is 0.930. The fourth-order valence-electron chi connectivity index (χ4n) is 1.22. The van der Waals surface area contributed by atoms with Crippen LogP contribution in [0.1, 0.15) is 27.2 Å². The average molecular weight is 284 g/mol. The molecular weight excluding hydrogens is 258 g/mol. The van der Waals surface area contributed by atoms with Crippen LogP contribution in [0, 0.1) is 0 Å². The van der Waals surface area contributed by atoms with Crippen LogP contribution in [0.2, 0.25) is 0 Å². The summed E-state index contributed by atoms with van der Waals surface area (Å²) in [5.41, 5.74) is 0. The highest BCUT2D eigenvalue weighted by atomic mass is 32.2. The summed E-state index contributed by atoms with van der Waals surface area (Å²) >= 11 is 0. The highest BCUT2D eigenvalue weighted by Gasteiger charge is 2.16. The molecule has 0 saturated heterocycles. The smallest absolute Gasteiger partial charge is 0.302 e. The summed E-state index contributed by atoms with van der Waals surface area (Å²) in [6.07, 6.45) is 0.381. The molecule has 0 unspecified atom stereocenters. The Morgan fingerprint density at radius 3 is 2.11 bits per heavy atom. The van der Waals surface area contributed by atoms with Gasteiger partial charge >= 0.3 is 5.97 Å². The molecule has 0 aliphatic rings. The molecule has 7 heteroatoms. The van der Waals surface area contributed by atoms with E-state index in [-0.39, 0.29) is 11.7 Å². The Kier molecular flexibility index (Phi) is 10.2. The molecule has 0 saturated carbocycles. The molecule has 0 aromatic heterocycles. The van der Waals surface area contributed by atoms with Crippen molar-refractivity contribution in [2.45, 2.75) is 27.2 Å². The van der Waals surface area contributed by atoms with Gasteiger partial charge in [-0.3, -0.25) is 9.35 Å². The van der Waals surface area contributed by atoms with Crippen molar-refractivity contribution in [3.63, 3.8) is 0 Å². The van der Waals surface area contributed by atoms with Gasteiger partial charge in [0.15, 0.2) is 0 Å². The first-order chi connectivity index (χ1) is 8.12. The van der Waals surface area contributed by atoms with Gasteiger partial charge < -0.3 is 9.22 Å². The van der Waals surface area contributed by atoms with Crippen molar-refractivity contribution in [3.05, 3.63) is 0 Å². The maximum atomic E-state index is 10.5. The summed E-state index contributed by atoms with van der Waals surface area (Å²) < 4.78 is 34.9. The maximum Gasteiger partial charge on any atom is 0.302 e. The monoisotopic (exact) mass is 284 g/mol. The molecule has 0 aliphatic heterocycles. The first-order valence-electron chi connectivity index (χ1n) is 6.03. The number of carbonyl (C=O) groups is 1. The second-order valence-corrected chi connectivity index (χ2v) is 5.93. The second-order valence-electron chi connectivity index (χ2n) is 4.36. The van der Waals surface area contributed by atoms with Gasteiger partial charge in [0.05, 0.1) is 26.4 Å². The summed E-state index contributed by atoms with van der Waals surface area (Å²) in [6, 6.07) is 0. The van der Waals surface area contributed by atoms with E-state index in [0.29, 0.717) is 30.6 Å². The molecule has 1 N–H and O–H groups in total. The molecule has 0 radical (unpaired) electrons. The van der Waals surface area contributed by atoms with E-state index < -0.39 is 10.1 Å². The van der Waals surface area contributed by atoms with Crippen LogP contribution < -0.4 is 0 Å². The van der Waals surface area contributed by atoms with Crippen LogP contribution in [0.25, 0.3) is 0 Å². The van der Waals surface area contributed by atoms with Crippen molar-refractivity contribution < 1.29 is 27.0 Å². The van der Waals surface area contributed by atoms with Crippen LogP contribution in [0.15, 0.2) is 0 Å². The summed E-state index contributed by atoms with van der Waals surface area (Å²) in [5.74, 6) is -0.555. The number of nitrogens with zero attached hydrogens (tertiary/aromatic N) is 1. The van der Waals surface area contributed by atoms with Gasteiger partial charge in [-0.1, -0.05) is 13.8 Å². The van der Waals surface area contributed by atoms with Crippen molar-refractivity contribution in [2.24, 2.45) is 0 Å². The molecular formula is C11H26NO5S+. The Hall–Kier alpha value is -0.660. The van der Waals surface area contributed by atoms with E-state index in [4.69, 9.17) is 9.29 Å². The van der Waals surface area contributed by atoms with E-state index in [2.05, 4.69) is 0 Å². The van der Waals surface area contributed by atoms with Gasteiger partial charge in [-0.2, -0.15) is 8.42 Å². The normalized spacial score (nSPS) is 11.4. The van der Waals surface area contributed by atoms with E-state index in [1.807, 2.05) is 27.9 Å². The number of likely N-dealkylation sites (N-methyl/N-ethyl adjacent to an activating group) is 1. The molecule has 6 nitrogen and oxygen atoms in total. The maximum absolute atomic E-state index is 10.5.